The second kappa shape index (κ2) is 15.2. The molecule has 48 heavy (non-hydrogen) atoms. The van der Waals surface area contributed by atoms with E-state index in [2.05, 4.69) is 29.3 Å². The fourth-order valence-electron chi connectivity index (χ4n) is 6.17. The zero-order valence-electron chi connectivity index (χ0n) is 26.8. The van der Waals surface area contributed by atoms with E-state index in [1.54, 1.807) is 30.5 Å². The van der Waals surface area contributed by atoms with E-state index in [0.717, 1.165) is 30.5 Å². The summed E-state index contributed by atoms with van der Waals surface area (Å²) in [4.78, 5) is 41.1. The Labute approximate surface area is 285 Å². The summed E-state index contributed by atoms with van der Waals surface area (Å²) in [5.74, 6) is -0.529. The van der Waals surface area contributed by atoms with Crippen molar-refractivity contribution in [2.45, 2.75) is 45.2 Å². The fraction of sp³-hybridized carbons (Fsp3) is 0.231. The Morgan fingerprint density at radius 3 is 2.42 bits per heavy atom. The first-order valence-electron chi connectivity index (χ1n) is 16.1. The normalized spacial score (nSPS) is 14.1. The first-order chi connectivity index (χ1) is 23.3. The SMILES string of the molecule is Cc1ccccc1CCc1nc(N2CCC[C@H]2c2ccc(Cl)cc2)ncc1C(=O)N(CC(=O)Nc1ccccc1)Cc1ccc(F)cc1. The Morgan fingerprint density at radius 2 is 1.67 bits per heavy atom. The summed E-state index contributed by atoms with van der Waals surface area (Å²) in [6.45, 7) is 2.75. The molecule has 0 aliphatic carbocycles. The van der Waals surface area contributed by atoms with Crippen LogP contribution >= 0.6 is 11.6 Å². The van der Waals surface area contributed by atoms with Crippen LogP contribution in [0.1, 0.15) is 57.2 Å². The van der Waals surface area contributed by atoms with Crippen molar-refractivity contribution in [3.05, 3.63) is 154 Å². The number of para-hydroxylation sites is 1. The number of aromatic nitrogens is 2. The quantitative estimate of drug-likeness (QED) is 0.155. The standard InChI is InChI=1S/C39H37ClFN5O2/c1-27-8-5-6-9-29(27)17-22-35-34(24-42-39(44-35)46-23-7-12-36(46)30-15-18-31(40)19-16-30)38(48)45(25-28-13-20-32(41)21-14-28)26-37(47)43-33-10-3-2-4-11-33/h2-6,8-11,13-16,18-21,24,36H,7,12,17,22-23,25-26H2,1H3,(H,43,47)/t36-/m0/s1. The van der Waals surface area contributed by atoms with Gasteiger partial charge in [-0.1, -0.05) is 78.3 Å². The second-order valence-electron chi connectivity index (χ2n) is 12.1. The predicted molar refractivity (Wildman–Crippen MR) is 188 cm³/mol. The van der Waals surface area contributed by atoms with Crippen molar-refractivity contribution in [1.82, 2.24) is 14.9 Å². The average molecular weight is 662 g/mol. The molecule has 0 radical (unpaired) electrons. The molecule has 0 saturated carbocycles. The van der Waals surface area contributed by atoms with Gasteiger partial charge < -0.3 is 15.1 Å². The number of hydrogen-bond acceptors (Lipinski definition) is 5. The van der Waals surface area contributed by atoms with Gasteiger partial charge in [0, 0.05) is 30.0 Å². The zero-order valence-corrected chi connectivity index (χ0v) is 27.5. The molecule has 4 aromatic carbocycles. The molecule has 0 bridgehead atoms. The number of hydrogen-bond donors (Lipinski definition) is 1. The molecule has 5 aromatic rings. The van der Waals surface area contributed by atoms with Crippen LogP contribution in [0, 0.1) is 12.7 Å². The summed E-state index contributed by atoms with van der Waals surface area (Å²) in [7, 11) is 0. The van der Waals surface area contributed by atoms with Crippen molar-refractivity contribution in [2.24, 2.45) is 0 Å². The van der Waals surface area contributed by atoms with Gasteiger partial charge in [0.1, 0.15) is 12.4 Å². The lowest BCUT2D eigenvalue weighted by Crippen LogP contribution is -2.38. The number of carbonyl (C=O) groups is 2. The molecule has 1 aromatic heterocycles. The van der Waals surface area contributed by atoms with Crippen molar-refractivity contribution in [3.63, 3.8) is 0 Å². The molecule has 2 heterocycles. The maximum Gasteiger partial charge on any atom is 0.258 e. The lowest BCUT2D eigenvalue weighted by atomic mass is 10.0. The van der Waals surface area contributed by atoms with E-state index in [1.165, 1.54) is 22.6 Å². The topological polar surface area (TPSA) is 78.4 Å². The molecule has 244 valence electrons. The predicted octanol–water partition coefficient (Wildman–Crippen LogP) is 7.99. The monoisotopic (exact) mass is 661 g/mol. The number of rotatable bonds is 11. The summed E-state index contributed by atoms with van der Waals surface area (Å²) in [6.07, 6.45) is 4.71. The van der Waals surface area contributed by atoms with Gasteiger partial charge in [-0.3, -0.25) is 9.59 Å². The average Bonchev–Trinajstić information content (AvgIpc) is 3.59. The minimum Gasteiger partial charge on any atom is -0.334 e. The fourth-order valence-corrected chi connectivity index (χ4v) is 6.30. The Hall–Kier alpha value is -5.08. The van der Waals surface area contributed by atoms with Gasteiger partial charge in [-0.2, -0.15) is 0 Å². The molecule has 9 heteroatoms. The minimum atomic E-state index is -0.375. The number of nitrogens with zero attached hydrogens (tertiary/aromatic N) is 4. The van der Waals surface area contributed by atoms with Crippen LogP contribution in [0.25, 0.3) is 0 Å². The zero-order chi connectivity index (χ0) is 33.5. The highest BCUT2D eigenvalue weighted by Gasteiger charge is 2.30. The molecule has 1 saturated heterocycles. The van der Waals surface area contributed by atoms with Crippen LogP contribution in [0.5, 0.6) is 0 Å². The first kappa shape index (κ1) is 32.8. The van der Waals surface area contributed by atoms with E-state index in [1.807, 2.05) is 54.6 Å². The third-order valence-corrected chi connectivity index (χ3v) is 8.96. The van der Waals surface area contributed by atoms with Gasteiger partial charge in [0.15, 0.2) is 0 Å². The van der Waals surface area contributed by atoms with E-state index in [9.17, 15) is 14.0 Å². The number of halogens is 2. The van der Waals surface area contributed by atoms with Gasteiger partial charge in [-0.05, 0) is 91.3 Å². The van der Waals surface area contributed by atoms with Gasteiger partial charge in [0.05, 0.1) is 17.3 Å². The molecule has 0 spiro atoms. The molecule has 2 amide bonds. The molecule has 1 fully saturated rings. The molecule has 1 N–H and O–H groups in total. The Morgan fingerprint density at radius 1 is 0.938 bits per heavy atom. The van der Waals surface area contributed by atoms with Crippen molar-refractivity contribution in [3.8, 4) is 0 Å². The molecule has 0 unspecified atom stereocenters. The van der Waals surface area contributed by atoms with Crippen LogP contribution in [-0.2, 0) is 24.2 Å². The van der Waals surface area contributed by atoms with E-state index in [0.29, 0.717) is 46.3 Å². The number of anilines is 2. The number of nitrogens with one attached hydrogen (secondary N) is 1. The van der Waals surface area contributed by atoms with Crippen molar-refractivity contribution in [1.29, 1.82) is 0 Å². The highest BCUT2D eigenvalue weighted by molar-refractivity contribution is 6.30. The number of carbonyl (C=O) groups excluding carboxylic acids is 2. The molecule has 1 aliphatic rings. The van der Waals surface area contributed by atoms with E-state index >= 15 is 0 Å². The first-order valence-corrected chi connectivity index (χ1v) is 16.5. The van der Waals surface area contributed by atoms with Crippen LogP contribution < -0.4 is 10.2 Å². The van der Waals surface area contributed by atoms with Crippen LogP contribution in [0.2, 0.25) is 5.02 Å². The van der Waals surface area contributed by atoms with Crippen LogP contribution in [0.15, 0.2) is 109 Å². The Bertz CT molecular complexity index is 1870. The summed E-state index contributed by atoms with van der Waals surface area (Å²) >= 11 is 6.18. The lowest BCUT2D eigenvalue weighted by molar-refractivity contribution is -0.117. The molecule has 6 rings (SSSR count). The van der Waals surface area contributed by atoms with Crippen molar-refractivity contribution < 1.29 is 14.0 Å². The van der Waals surface area contributed by atoms with Gasteiger partial charge in [-0.15, -0.1) is 0 Å². The maximum atomic E-state index is 14.4. The second-order valence-corrected chi connectivity index (χ2v) is 12.5. The molecule has 7 nitrogen and oxygen atoms in total. The smallest absolute Gasteiger partial charge is 0.258 e. The van der Waals surface area contributed by atoms with Crippen molar-refractivity contribution >= 4 is 35.1 Å². The van der Waals surface area contributed by atoms with Crippen LogP contribution in [-0.4, -0.2) is 39.8 Å². The molecular weight excluding hydrogens is 625 g/mol. The van der Waals surface area contributed by atoms with Crippen molar-refractivity contribution in [2.75, 3.05) is 23.3 Å². The largest absolute Gasteiger partial charge is 0.334 e. The third kappa shape index (κ3) is 8.06. The van der Waals surface area contributed by atoms with Gasteiger partial charge in [0.2, 0.25) is 11.9 Å². The summed E-state index contributed by atoms with van der Waals surface area (Å²) in [5.41, 5.74) is 5.74. The van der Waals surface area contributed by atoms with Gasteiger partial charge >= 0.3 is 0 Å². The highest BCUT2D eigenvalue weighted by atomic mass is 35.5. The Balaban J connectivity index is 1.33. The van der Waals surface area contributed by atoms with Crippen LogP contribution in [0.4, 0.5) is 16.0 Å². The summed E-state index contributed by atoms with van der Waals surface area (Å²) in [6, 6.07) is 31.2. The number of aryl methyl sites for hydroxylation is 3. The molecular formula is C39H37ClFN5O2. The molecule has 1 atom stereocenters. The van der Waals surface area contributed by atoms with E-state index in [4.69, 9.17) is 21.6 Å². The van der Waals surface area contributed by atoms with Crippen LogP contribution in [0.3, 0.4) is 0 Å². The Kier molecular flexibility index (Phi) is 10.4. The number of benzene rings is 4. The minimum absolute atomic E-state index is 0.0877. The summed E-state index contributed by atoms with van der Waals surface area (Å²) in [5, 5.41) is 3.56. The van der Waals surface area contributed by atoms with E-state index in [-0.39, 0.29) is 36.8 Å². The maximum absolute atomic E-state index is 14.4. The highest BCUT2D eigenvalue weighted by Crippen LogP contribution is 2.35. The third-order valence-electron chi connectivity index (χ3n) is 8.71. The van der Waals surface area contributed by atoms with Gasteiger partial charge in [-0.25, -0.2) is 14.4 Å². The summed E-state index contributed by atoms with van der Waals surface area (Å²) < 4.78 is 13.8. The molecule has 1 aliphatic heterocycles. The van der Waals surface area contributed by atoms with Gasteiger partial charge in [0.25, 0.3) is 5.91 Å². The van der Waals surface area contributed by atoms with E-state index < -0.39 is 0 Å². The lowest BCUT2D eigenvalue weighted by Gasteiger charge is -2.27. The number of amides is 2.